The SMILES string of the molecule is CC/C=C\C/C=C\C/C=C\C/C=C\C/C=C\CC(=O)OCC(COCCCCCCC/C=C\C/C=C\C/C=C\C/C=C\CC)OC(=O)CCCCCCC/C=C\C/C=C\C/C=C\CC. The first-order valence-electron chi connectivity index (χ1n) is 25.4. The molecule has 0 amide bonds. The van der Waals surface area contributed by atoms with Crippen LogP contribution in [-0.4, -0.2) is 37.9 Å². The molecule has 0 N–H and O–H groups in total. The van der Waals surface area contributed by atoms with Crippen molar-refractivity contribution >= 4 is 11.9 Å². The van der Waals surface area contributed by atoms with Crippen molar-refractivity contribution in [3.63, 3.8) is 0 Å². The summed E-state index contributed by atoms with van der Waals surface area (Å²) in [6.07, 6.45) is 77.4. The zero-order valence-corrected chi connectivity index (χ0v) is 41.0. The van der Waals surface area contributed by atoms with Crippen molar-refractivity contribution in [2.24, 2.45) is 0 Å². The van der Waals surface area contributed by atoms with E-state index in [1.54, 1.807) is 0 Å². The van der Waals surface area contributed by atoms with E-state index in [0.29, 0.717) is 13.0 Å². The lowest BCUT2D eigenvalue weighted by Crippen LogP contribution is -2.30. The van der Waals surface area contributed by atoms with Crippen molar-refractivity contribution in [3.8, 4) is 0 Å². The van der Waals surface area contributed by atoms with Crippen LogP contribution in [0.25, 0.3) is 0 Å². The zero-order chi connectivity index (χ0) is 46.3. The van der Waals surface area contributed by atoms with Gasteiger partial charge in [-0.3, -0.25) is 9.59 Å². The molecule has 358 valence electrons. The summed E-state index contributed by atoms with van der Waals surface area (Å²) in [6, 6.07) is 0. The molecule has 0 aliphatic heterocycles. The summed E-state index contributed by atoms with van der Waals surface area (Å²) in [5, 5.41) is 0. The molecule has 5 nitrogen and oxygen atoms in total. The van der Waals surface area contributed by atoms with Gasteiger partial charge in [0.2, 0.25) is 0 Å². The van der Waals surface area contributed by atoms with E-state index < -0.39 is 6.10 Å². The fourth-order valence-corrected chi connectivity index (χ4v) is 6.23. The minimum atomic E-state index is -0.606. The Kier molecular flexibility index (Phi) is 49.6. The zero-order valence-electron chi connectivity index (χ0n) is 41.0. The molecule has 0 radical (unpaired) electrons. The third-order valence-corrected chi connectivity index (χ3v) is 9.88. The second kappa shape index (κ2) is 53.1. The van der Waals surface area contributed by atoms with Crippen LogP contribution in [0, 0.1) is 0 Å². The van der Waals surface area contributed by atoms with Crippen molar-refractivity contribution < 1.29 is 23.8 Å². The van der Waals surface area contributed by atoms with Crippen molar-refractivity contribution in [2.45, 2.75) is 194 Å². The average Bonchev–Trinajstić information content (AvgIpc) is 3.30. The van der Waals surface area contributed by atoms with Crippen molar-refractivity contribution in [1.82, 2.24) is 0 Å². The molecule has 0 aromatic rings. The van der Waals surface area contributed by atoms with Crippen LogP contribution < -0.4 is 0 Å². The molecule has 0 bridgehead atoms. The van der Waals surface area contributed by atoms with Crippen LogP contribution in [0.4, 0.5) is 0 Å². The highest BCUT2D eigenvalue weighted by atomic mass is 16.6. The topological polar surface area (TPSA) is 61.8 Å². The van der Waals surface area contributed by atoms with Crippen LogP contribution in [0.1, 0.15) is 188 Å². The van der Waals surface area contributed by atoms with Crippen molar-refractivity contribution in [1.29, 1.82) is 0 Å². The summed E-state index contributed by atoms with van der Waals surface area (Å²) >= 11 is 0. The fourth-order valence-electron chi connectivity index (χ4n) is 6.23. The number of hydrogen-bond acceptors (Lipinski definition) is 5. The number of unbranched alkanes of at least 4 members (excludes halogenated alkanes) is 10. The van der Waals surface area contributed by atoms with Gasteiger partial charge in [0.1, 0.15) is 6.61 Å². The monoisotopic (exact) mass is 881 g/mol. The van der Waals surface area contributed by atoms with E-state index in [0.717, 1.165) is 128 Å². The maximum Gasteiger partial charge on any atom is 0.309 e. The number of allylic oxidation sites excluding steroid dienone is 23. The molecule has 0 aromatic carbocycles. The summed E-state index contributed by atoms with van der Waals surface area (Å²) in [6.45, 7) is 7.29. The highest BCUT2D eigenvalue weighted by Crippen LogP contribution is 2.11. The van der Waals surface area contributed by atoms with Gasteiger partial charge in [-0.2, -0.15) is 0 Å². The first-order valence-corrected chi connectivity index (χ1v) is 25.4. The molecule has 1 atom stereocenters. The van der Waals surface area contributed by atoms with Gasteiger partial charge in [0.15, 0.2) is 6.10 Å². The molecule has 0 heterocycles. The summed E-state index contributed by atoms with van der Waals surface area (Å²) in [5.41, 5.74) is 0. The predicted molar refractivity (Wildman–Crippen MR) is 278 cm³/mol. The lowest BCUT2D eigenvalue weighted by Gasteiger charge is -2.18. The van der Waals surface area contributed by atoms with E-state index in [1.807, 2.05) is 12.2 Å². The lowest BCUT2D eigenvalue weighted by atomic mass is 10.1. The maximum absolute atomic E-state index is 12.8. The molecule has 0 aliphatic rings. The standard InChI is InChI=1S/C59H92O5/c1-4-7-10-13-16-19-22-25-28-29-30-33-36-39-42-45-48-51-54-62-55-57(64-59(61)53-50-47-44-41-38-35-32-27-24-21-18-15-12-9-6-3)56-63-58(60)52-49-46-43-40-37-34-31-26-23-20-17-14-11-8-5-2/h7-12,16-21,25-28,30-33,37,40,46,49,57H,4-6,13-15,22-24,29,34-36,38-39,41-45,47-48,50-56H2,1-3H3/b10-7-,11-8-,12-9-,19-16-,20-17-,21-18-,28-25-,31-26-,32-27-,33-30-,40-37-,49-46-. The Balaban J connectivity index is 4.49. The van der Waals surface area contributed by atoms with Crippen LogP contribution in [0.3, 0.4) is 0 Å². The molecule has 0 aromatic heterocycles. The average molecular weight is 881 g/mol. The van der Waals surface area contributed by atoms with Gasteiger partial charge in [0.05, 0.1) is 13.0 Å². The van der Waals surface area contributed by atoms with Crippen LogP contribution in [-0.2, 0) is 23.8 Å². The minimum absolute atomic E-state index is 0.00575. The Morgan fingerprint density at radius 1 is 0.359 bits per heavy atom. The molecule has 0 rings (SSSR count). The molecular formula is C59H92O5. The number of esters is 2. The lowest BCUT2D eigenvalue weighted by molar-refractivity contribution is -0.162. The molecule has 5 heteroatoms. The summed E-state index contributed by atoms with van der Waals surface area (Å²) in [7, 11) is 0. The maximum atomic E-state index is 12.8. The first-order chi connectivity index (χ1) is 31.6. The van der Waals surface area contributed by atoms with Gasteiger partial charge in [-0.05, 0) is 116 Å². The van der Waals surface area contributed by atoms with Gasteiger partial charge in [-0.1, -0.05) is 205 Å². The van der Waals surface area contributed by atoms with Gasteiger partial charge >= 0.3 is 11.9 Å². The third kappa shape index (κ3) is 50.4. The number of rotatable bonds is 44. The molecule has 1 unspecified atom stereocenters. The number of carbonyl (C=O) groups is 2. The summed E-state index contributed by atoms with van der Waals surface area (Å²) in [5.74, 6) is -0.587. The van der Waals surface area contributed by atoms with E-state index in [4.69, 9.17) is 14.2 Å². The Morgan fingerprint density at radius 3 is 1.12 bits per heavy atom. The van der Waals surface area contributed by atoms with Gasteiger partial charge in [0, 0.05) is 13.0 Å². The summed E-state index contributed by atoms with van der Waals surface area (Å²) < 4.78 is 17.3. The Hall–Kier alpha value is -4.22. The van der Waals surface area contributed by atoms with Gasteiger partial charge in [0.25, 0.3) is 0 Å². The summed E-state index contributed by atoms with van der Waals surface area (Å²) in [4.78, 5) is 25.3. The van der Waals surface area contributed by atoms with E-state index in [1.165, 1.54) is 25.7 Å². The molecule has 0 spiro atoms. The highest BCUT2D eigenvalue weighted by Gasteiger charge is 2.17. The van der Waals surface area contributed by atoms with Crippen LogP contribution in [0.15, 0.2) is 146 Å². The van der Waals surface area contributed by atoms with E-state index in [9.17, 15) is 9.59 Å². The Bertz CT molecular complexity index is 1410. The largest absolute Gasteiger partial charge is 0.461 e. The molecular weight excluding hydrogens is 789 g/mol. The second-order valence-electron chi connectivity index (χ2n) is 15.9. The quantitative estimate of drug-likeness (QED) is 0.0347. The third-order valence-electron chi connectivity index (χ3n) is 9.88. The van der Waals surface area contributed by atoms with Crippen molar-refractivity contribution in [3.05, 3.63) is 146 Å². The van der Waals surface area contributed by atoms with Crippen molar-refractivity contribution in [2.75, 3.05) is 19.8 Å². The van der Waals surface area contributed by atoms with Crippen LogP contribution >= 0.6 is 0 Å². The van der Waals surface area contributed by atoms with E-state index >= 15 is 0 Å². The second-order valence-corrected chi connectivity index (χ2v) is 15.9. The normalized spacial score (nSPS) is 13.5. The fraction of sp³-hybridized carbons (Fsp3) is 0.559. The molecule has 0 saturated carbocycles. The smallest absolute Gasteiger partial charge is 0.309 e. The number of carbonyl (C=O) groups excluding carboxylic acids is 2. The molecule has 0 fully saturated rings. The highest BCUT2D eigenvalue weighted by molar-refractivity contribution is 5.71. The Morgan fingerprint density at radius 2 is 0.703 bits per heavy atom. The first kappa shape index (κ1) is 59.8. The minimum Gasteiger partial charge on any atom is -0.461 e. The van der Waals surface area contributed by atoms with Gasteiger partial charge in [-0.15, -0.1) is 0 Å². The number of hydrogen-bond donors (Lipinski definition) is 0. The van der Waals surface area contributed by atoms with Gasteiger partial charge < -0.3 is 14.2 Å². The van der Waals surface area contributed by atoms with E-state index in [-0.39, 0.29) is 31.6 Å². The van der Waals surface area contributed by atoms with E-state index in [2.05, 4.69) is 154 Å². The van der Waals surface area contributed by atoms with Gasteiger partial charge in [-0.25, -0.2) is 0 Å². The molecule has 0 aliphatic carbocycles. The van der Waals surface area contributed by atoms with Crippen LogP contribution in [0.2, 0.25) is 0 Å². The predicted octanol–water partition coefficient (Wildman–Crippen LogP) is 17.3. The Labute approximate surface area is 393 Å². The molecule has 64 heavy (non-hydrogen) atoms. The van der Waals surface area contributed by atoms with Crippen LogP contribution in [0.5, 0.6) is 0 Å². The molecule has 0 saturated heterocycles. The number of ether oxygens (including phenoxy) is 3.